The van der Waals surface area contributed by atoms with E-state index in [9.17, 15) is 9.59 Å². The number of nitrogens with one attached hydrogen (secondary N) is 1. The summed E-state index contributed by atoms with van der Waals surface area (Å²) in [5.41, 5.74) is 0.941. The van der Waals surface area contributed by atoms with Gasteiger partial charge in [-0.1, -0.05) is 0 Å². The number of aromatic nitrogens is 1. The first kappa shape index (κ1) is 16.9. The van der Waals surface area contributed by atoms with E-state index in [0.717, 1.165) is 5.69 Å². The molecule has 4 heterocycles. The summed E-state index contributed by atoms with van der Waals surface area (Å²) in [6, 6.07) is 10.3. The van der Waals surface area contributed by atoms with Gasteiger partial charge in [0.15, 0.2) is 11.5 Å². The monoisotopic (exact) mass is 366 g/mol. The van der Waals surface area contributed by atoms with Gasteiger partial charge in [0, 0.05) is 26.2 Å². The number of amides is 2. The molecular formula is C19H18N4O4. The number of anilines is 2. The Labute approximate surface area is 155 Å². The molecule has 8 heteroatoms. The quantitative estimate of drug-likeness (QED) is 0.763. The van der Waals surface area contributed by atoms with Gasteiger partial charge in [0.05, 0.1) is 24.4 Å². The van der Waals surface area contributed by atoms with Crippen molar-refractivity contribution >= 4 is 23.3 Å². The fraction of sp³-hybridized carbons (Fsp3) is 0.211. The second-order valence-electron chi connectivity index (χ2n) is 6.09. The zero-order valence-corrected chi connectivity index (χ0v) is 14.5. The molecule has 0 aliphatic carbocycles. The van der Waals surface area contributed by atoms with Crippen LogP contribution in [0, 0.1) is 0 Å². The molecule has 0 saturated carbocycles. The van der Waals surface area contributed by atoms with Crippen LogP contribution in [0.2, 0.25) is 0 Å². The van der Waals surface area contributed by atoms with Gasteiger partial charge in [-0.2, -0.15) is 0 Å². The molecule has 3 aromatic heterocycles. The Kier molecular flexibility index (Phi) is 4.61. The molecule has 1 aliphatic rings. The van der Waals surface area contributed by atoms with Gasteiger partial charge in [-0.05, 0) is 36.4 Å². The third-order valence-corrected chi connectivity index (χ3v) is 4.40. The molecule has 0 atom stereocenters. The largest absolute Gasteiger partial charge is 0.459 e. The first-order chi connectivity index (χ1) is 13.2. The van der Waals surface area contributed by atoms with E-state index in [0.29, 0.717) is 37.8 Å². The molecule has 1 saturated heterocycles. The predicted molar refractivity (Wildman–Crippen MR) is 97.7 cm³/mol. The van der Waals surface area contributed by atoms with E-state index in [1.54, 1.807) is 41.4 Å². The van der Waals surface area contributed by atoms with Crippen molar-refractivity contribution in [2.75, 3.05) is 36.4 Å². The first-order valence-corrected chi connectivity index (χ1v) is 8.59. The van der Waals surface area contributed by atoms with Crippen molar-refractivity contribution < 1.29 is 18.4 Å². The summed E-state index contributed by atoms with van der Waals surface area (Å²) >= 11 is 0. The second kappa shape index (κ2) is 7.36. The molecule has 27 heavy (non-hydrogen) atoms. The van der Waals surface area contributed by atoms with Crippen LogP contribution in [0.3, 0.4) is 0 Å². The molecule has 138 valence electrons. The molecule has 8 nitrogen and oxygen atoms in total. The summed E-state index contributed by atoms with van der Waals surface area (Å²) in [6.07, 6.45) is 4.66. The summed E-state index contributed by atoms with van der Waals surface area (Å²) in [5, 5.41) is 2.69. The summed E-state index contributed by atoms with van der Waals surface area (Å²) in [4.78, 5) is 32.5. The van der Waals surface area contributed by atoms with Crippen molar-refractivity contribution in [3.8, 4) is 0 Å². The molecule has 1 N–H and O–H groups in total. The van der Waals surface area contributed by atoms with Crippen molar-refractivity contribution in [2.45, 2.75) is 0 Å². The molecule has 0 radical (unpaired) electrons. The normalized spacial score (nSPS) is 14.2. The number of hydrogen-bond donors (Lipinski definition) is 1. The van der Waals surface area contributed by atoms with Crippen LogP contribution in [0.15, 0.2) is 64.0 Å². The van der Waals surface area contributed by atoms with E-state index in [1.807, 2.05) is 6.07 Å². The van der Waals surface area contributed by atoms with Crippen LogP contribution in [-0.4, -0.2) is 47.9 Å². The molecule has 1 fully saturated rings. The molecule has 4 rings (SSSR count). The third-order valence-electron chi connectivity index (χ3n) is 4.40. The maximum Gasteiger partial charge on any atom is 0.292 e. The number of carbonyl (C=O) groups excluding carboxylic acids is 2. The Hall–Kier alpha value is -3.55. The van der Waals surface area contributed by atoms with E-state index in [1.165, 1.54) is 12.5 Å². The summed E-state index contributed by atoms with van der Waals surface area (Å²) < 4.78 is 10.2. The minimum absolute atomic E-state index is 0.0891. The van der Waals surface area contributed by atoms with Gasteiger partial charge < -0.3 is 24.0 Å². The lowest BCUT2D eigenvalue weighted by Gasteiger charge is -2.35. The lowest BCUT2D eigenvalue weighted by molar-refractivity contribution is 0.0714. The smallest absolute Gasteiger partial charge is 0.292 e. The SMILES string of the molecule is O=C(Nc1ccc(N2CCN(C(=O)c3ccco3)CC2)cn1)c1ccco1. The van der Waals surface area contributed by atoms with Crippen LogP contribution < -0.4 is 10.2 Å². The van der Waals surface area contributed by atoms with Crippen molar-refractivity contribution in [3.63, 3.8) is 0 Å². The molecule has 0 aromatic carbocycles. The van der Waals surface area contributed by atoms with Crippen LogP contribution in [0.5, 0.6) is 0 Å². The van der Waals surface area contributed by atoms with E-state index in [2.05, 4.69) is 15.2 Å². The average Bonchev–Trinajstić information content (AvgIpc) is 3.42. The van der Waals surface area contributed by atoms with Gasteiger partial charge in [-0.3, -0.25) is 9.59 Å². The van der Waals surface area contributed by atoms with Gasteiger partial charge in [-0.15, -0.1) is 0 Å². The number of hydrogen-bond acceptors (Lipinski definition) is 6. The van der Waals surface area contributed by atoms with Crippen LogP contribution in [0.1, 0.15) is 21.1 Å². The van der Waals surface area contributed by atoms with Crippen molar-refractivity contribution in [3.05, 3.63) is 66.6 Å². The predicted octanol–water partition coefficient (Wildman–Crippen LogP) is 2.48. The van der Waals surface area contributed by atoms with E-state index < -0.39 is 0 Å². The van der Waals surface area contributed by atoms with Gasteiger partial charge in [-0.25, -0.2) is 4.98 Å². The Morgan fingerprint density at radius 1 is 0.926 bits per heavy atom. The molecule has 0 spiro atoms. The molecule has 2 amide bonds. The highest BCUT2D eigenvalue weighted by molar-refractivity contribution is 6.01. The van der Waals surface area contributed by atoms with Crippen molar-refractivity contribution in [1.82, 2.24) is 9.88 Å². The zero-order chi connectivity index (χ0) is 18.6. The highest BCUT2D eigenvalue weighted by Gasteiger charge is 2.24. The highest BCUT2D eigenvalue weighted by atomic mass is 16.3. The van der Waals surface area contributed by atoms with Crippen molar-refractivity contribution in [1.29, 1.82) is 0 Å². The number of furan rings is 2. The number of piperazine rings is 1. The first-order valence-electron chi connectivity index (χ1n) is 8.59. The summed E-state index contributed by atoms with van der Waals surface area (Å²) in [7, 11) is 0. The Morgan fingerprint density at radius 2 is 1.63 bits per heavy atom. The number of nitrogens with zero attached hydrogens (tertiary/aromatic N) is 3. The maximum absolute atomic E-state index is 12.3. The molecule has 0 bridgehead atoms. The minimum atomic E-state index is -0.342. The van der Waals surface area contributed by atoms with Gasteiger partial charge in [0.1, 0.15) is 5.82 Å². The lowest BCUT2D eigenvalue weighted by Crippen LogP contribution is -2.48. The summed E-state index contributed by atoms with van der Waals surface area (Å²) in [5.74, 6) is 0.617. The van der Waals surface area contributed by atoms with Crippen LogP contribution in [0.4, 0.5) is 11.5 Å². The number of pyridine rings is 1. The standard InChI is InChI=1S/C19H18N4O4/c24-18(15-3-1-11-26-15)21-17-6-5-14(13-20-17)22-7-9-23(10-8-22)19(25)16-4-2-12-27-16/h1-6,11-13H,7-10H2,(H,20,21,24). The van der Waals surface area contributed by atoms with Crippen LogP contribution in [0.25, 0.3) is 0 Å². The van der Waals surface area contributed by atoms with Gasteiger partial charge in [0.2, 0.25) is 0 Å². The fourth-order valence-corrected chi connectivity index (χ4v) is 2.96. The van der Waals surface area contributed by atoms with Crippen LogP contribution >= 0.6 is 0 Å². The minimum Gasteiger partial charge on any atom is -0.459 e. The van der Waals surface area contributed by atoms with E-state index in [-0.39, 0.29) is 17.6 Å². The van der Waals surface area contributed by atoms with Gasteiger partial charge in [0.25, 0.3) is 11.8 Å². The second-order valence-corrected chi connectivity index (χ2v) is 6.09. The summed E-state index contributed by atoms with van der Waals surface area (Å²) in [6.45, 7) is 2.62. The average molecular weight is 366 g/mol. The topological polar surface area (TPSA) is 91.8 Å². The van der Waals surface area contributed by atoms with Crippen molar-refractivity contribution in [2.24, 2.45) is 0 Å². The van der Waals surface area contributed by atoms with Gasteiger partial charge >= 0.3 is 0 Å². The molecule has 1 aliphatic heterocycles. The highest BCUT2D eigenvalue weighted by Crippen LogP contribution is 2.18. The van der Waals surface area contributed by atoms with E-state index >= 15 is 0 Å². The zero-order valence-electron chi connectivity index (χ0n) is 14.5. The Balaban J connectivity index is 1.33. The third kappa shape index (κ3) is 3.69. The Bertz CT molecular complexity index is 896. The molecular weight excluding hydrogens is 348 g/mol. The Morgan fingerprint density at radius 3 is 2.22 bits per heavy atom. The molecule has 0 unspecified atom stereocenters. The number of carbonyl (C=O) groups is 2. The lowest BCUT2D eigenvalue weighted by atomic mass is 10.2. The molecule has 3 aromatic rings. The van der Waals surface area contributed by atoms with Crippen LogP contribution in [-0.2, 0) is 0 Å². The number of rotatable bonds is 4. The van der Waals surface area contributed by atoms with E-state index in [4.69, 9.17) is 8.83 Å². The maximum atomic E-state index is 12.3. The fourth-order valence-electron chi connectivity index (χ4n) is 2.96.